The molecule has 2 N–H and O–H groups in total. The third kappa shape index (κ3) is 4.50. The maximum Gasteiger partial charge on any atom is 0.287 e. The van der Waals surface area contributed by atoms with Gasteiger partial charge < -0.3 is 15.1 Å². The highest BCUT2D eigenvalue weighted by Gasteiger charge is 2.24. The minimum Gasteiger partial charge on any atom is -0.451 e. The normalized spacial score (nSPS) is 11.7. The van der Waals surface area contributed by atoms with Crippen LogP contribution in [0.15, 0.2) is 89.5 Å². The van der Waals surface area contributed by atoms with Crippen molar-refractivity contribution in [2.75, 3.05) is 5.32 Å². The molecule has 2 amide bonds. The Labute approximate surface area is 167 Å². The number of carbonyl (C=O) groups excluding carboxylic acids is 2. The van der Waals surface area contributed by atoms with Gasteiger partial charge >= 0.3 is 0 Å². The molecule has 0 radical (unpaired) electrons. The molecule has 2 heterocycles. The van der Waals surface area contributed by atoms with Gasteiger partial charge in [-0.2, -0.15) is 0 Å². The van der Waals surface area contributed by atoms with E-state index in [9.17, 15) is 9.59 Å². The quantitative estimate of drug-likeness (QED) is 0.529. The number of carbonyl (C=O) groups is 2. The molecule has 1 atom stereocenters. The summed E-state index contributed by atoms with van der Waals surface area (Å²) >= 11 is 0. The summed E-state index contributed by atoms with van der Waals surface area (Å²) in [5.74, 6) is -0.209. The van der Waals surface area contributed by atoms with Gasteiger partial charge in [0.1, 0.15) is 17.4 Å². The largest absolute Gasteiger partial charge is 0.451 e. The fourth-order valence-corrected chi connectivity index (χ4v) is 3.03. The van der Waals surface area contributed by atoms with Crippen molar-refractivity contribution < 1.29 is 14.0 Å². The van der Waals surface area contributed by atoms with E-state index < -0.39 is 11.9 Å². The lowest BCUT2D eigenvalue weighted by Crippen LogP contribution is -2.45. The van der Waals surface area contributed by atoms with E-state index >= 15 is 0 Å². The summed E-state index contributed by atoms with van der Waals surface area (Å²) in [4.78, 5) is 29.7. The van der Waals surface area contributed by atoms with E-state index in [0.29, 0.717) is 17.8 Å². The van der Waals surface area contributed by atoms with E-state index in [1.165, 1.54) is 0 Å². The summed E-state index contributed by atoms with van der Waals surface area (Å²) in [6, 6.07) is 23.0. The highest BCUT2D eigenvalue weighted by molar-refractivity contribution is 6.01. The number of pyridine rings is 1. The number of amides is 2. The second-order valence-corrected chi connectivity index (χ2v) is 6.57. The van der Waals surface area contributed by atoms with Gasteiger partial charge in [0.2, 0.25) is 5.91 Å². The van der Waals surface area contributed by atoms with Crippen molar-refractivity contribution in [2.45, 2.75) is 12.5 Å². The van der Waals surface area contributed by atoms with Gasteiger partial charge in [-0.25, -0.2) is 4.98 Å². The van der Waals surface area contributed by atoms with E-state index in [-0.39, 0.29) is 11.7 Å². The van der Waals surface area contributed by atoms with Gasteiger partial charge in [0, 0.05) is 18.0 Å². The van der Waals surface area contributed by atoms with Crippen LogP contribution in [0.25, 0.3) is 11.0 Å². The minimum atomic E-state index is -0.792. The average molecular weight is 385 g/mol. The molecule has 144 valence electrons. The molecule has 0 aliphatic heterocycles. The zero-order valence-electron chi connectivity index (χ0n) is 15.5. The molecule has 0 bridgehead atoms. The van der Waals surface area contributed by atoms with Crippen molar-refractivity contribution in [1.82, 2.24) is 10.3 Å². The molecule has 4 rings (SSSR count). The van der Waals surface area contributed by atoms with Crippen LogP contribution in [-0.2, 0) is 11.2 Å². The van der Waals surface area contributed by atoms with Crippen LogP contribution < -0.4 is 10.6 Å². The molecule has 6 heteroatoms. The second-order valence-electron chi connectivity index (χ2n) is 6.57. The highest BCUT2D eigenvalue weighted by atomic mass is 16.3. The highest BCUT2D eigenvalue weighted by Crippen LogP contribution is 2.19. The van der Waals surface area contributed by atoms with Crippen LogP contribution in [-0.4, -0.2) is 22.8 Å². The molecule has 0 saturated carbocycles. The van der Waals surface area contributed by atoms with E-state index in [1.807, 2.05) is 48.5 Å². The van der Waals surface area contributed by atoms with Crippen molar-refractivity contribution in [1.29, 1.82) is 0 Å². The molecule has 0 fully saturated rings. The molecular formula is C23H19N3O3. The SMILES string of the molecule is O=C(N[C@@H](Cc1ccccc1)C(=O)Nc1ccccn1)c1cc2ccccc2o1. The Morgan fingerprint density at radius 1 is 0.931 bits per heavy atom. The number of nitrogens with zero attached hydrogens (tertiary/aromatic N) is 1. The number of furan rings is 1. The van der Waals surface area contributed by atoms with Crippen molar-refractivity contribution in [3.05, 3.63) is 96.4 Å². The summed E-state index contributed by atoms with van der Waals surface area (Å²) < 4.78 is 5.62. The summed E-state index contributed by atoms with van der Waals surface area (Å²) in [5.41, 5.74) is 1.55. The summed E-state index contributed by atoms with van der Waals surface area (Å²) in [5, 5.41) is 6.37. The van der Waals surface area contributed by atoms with Crippen LogP contribution in [0.2, 0.25) is 0 Å². The number of fused-ring (bicyclic) bond motifs is 1. The average Bonchev–Trinajstić information content (AvgIpc) is 3.19. The first-order chi connectivity index (χ1) is 14.2. The monoisotopic (exact) mass is 385 g/mol. The Hall–Kier alpha value is -3.93. The first-order valence-electron chi connectivity index (χ1n) is 9.24. The number of hydrogen-bond acceptors (Lipinski definition) is 4. The summed E-state index contributed by atoms with van der Waals surface area (Å²) in [7, 11) is 0. The van der Waals surface area contributed by atoms with Crippen molar-refractivity contribution in [2.24, 2.45) is 0 Å². The van der Waals surface area contributed by atoms with E-state index in [0.717, 1.165) is 10.9 Å². The third-order valence-electron chi connectivity index (χ3n) is 4.47. The smallest absolute Gasteiger partial charge is 0.287 e. The Morgan fingerprint density at radius 2 is 1.69 bits per heavy atom. The van der Waals surface area contributed by atoms with Gasteiger partial charge in [-0.05, 0) is 29.8 Å². The zero-order chi connectivity index (χ0) is 20.1. The predicted octanol–water partition coefficient (Wildman–Crippen LogP) is 3.81. The number of hydrogen-bond donors (Lipinski definition) is 2. The number of anilines is 1. The van der Waals surface area contributed by atoms with Gasteiger partial charge in [-0.1, -0.05) is 54.6 Å². The van der Waals surface area contributed by atoms with Crippen LogP contribution in [0.4, 0.5) is 5.82 Å². The first kappa shape index (κ1) is 18.4. The topological polar surface area (TPSA) is 84.2 Å². The van der Waals surface area contributed by atoms with Crippen molar-refractivity contribution >= 4 is 28.6 Å². The van der Waals surface area contributed by atoms with Gasteiger partial charge in [0.15, 0.2) is 5.76 Å². The van der Waals surface area contributed by atoms with E-state index in [2.05, 4.69) is 15.6 Å². The van der Waals surface area contributed by atoms with Crippen LogP contribution in [0, 0.1) is 0 Å². The number of para-hydroxylation sites is 1. The fraction of sp³-hybridized carbons (Fsp3) is 0.0870. The maximum atomic E-state index is 12.9. The molecule has 6 nitrogen and oxygen atoms in total. The first-order valence-corrected chi connectivity index (χ1v) is 9.24. The standard InChI is InChI=1S/C23H19N3O3/c27-22(26-21-12-6-7-13-24-21)18(14-16-8-2-1-3-9-16)25-23(28)20-15-17-10-4-5-11-19(17)29-20/h1-13,15,18H,14H2,(H,25,28)(H,24,26,27)/t18-/m0/s1. The van der Waals surface area contributed by atoms with Crippen molar-refractivity contribution in [3.63, 3.8) is 0 Å². The minimum absolute atomic E-state index is 0.162. The third-order valence-corrected chi connectivity index (χ3v) is 4.47. The van der Waals surface area contributed by atoms with E-state index in [4.69, 9.17) is 4.42 Å². The van der Waals surface area contributed by atoms with Crippen LogP contribution in [0.5, 0.6) is 0 Å². The molecule has 0 aliphatic rings. The predicted molar refractivity (Wildman–Crippen MR) is 110 cm³/mol. The zero-order valence-corrected chi connectivity index (χ0v) is 15.5. The number of aromatic nitrogens is 1. The van der Waals surface area contributed by atoms with Crippen LogP contribution in [0.3, 0.4) is 0 Å². The molecule has 29 heavy (non-hydrogen) atoms. The maximum absolute atomic E-state index is 12.9. The Bertz CT molecular complexity index is 1090. The van der Waals surface area contributed by atoms with E-state index in [1.54, 1.807) is 36.5 Å². The molecular weight excluding hydrogens is 366 g/mol. The molecule has 4 aromatic rings. The van der Waals surface area contributed by atoms with Crippen molar-refractivity contribution in [3.8, 4) is 0 Å². The fourth-order valence-electron chi connectivity index (χ4n) is 3.03. The number of rotatable bonds is 6. The second kappa shape index (κ2) is 8.39. The van der Waals surface area contributed by atoms with Gasteiger partial charge in [-0.15, -0.1) is 0 Å². The lowest BCUT2D eigenvalue weighted by atomic mass is 10.0. The van der Waals surface area contributed by atoms with Crippen LogP contribution >= 0.6 is 0 Å². The lowest BCUT2D eigenvalue weighted by Gasteiger charge is -2.18. The van der Waals surface area contributed by atoms with Gasteiger partial charge in [0.05, 0.1) is 0 Å². The van der Waals surface area contributed by atoms with Crippen LogP contribution in [0.1, 0.15) is 16.1 Å². The lowest BCUT2D eigenvalue weighted by molar-refractivity contribution is -0.118. The summed E-state index contributed by atoms with van der Waals surface area (Å²) in [6.45, 7) is 0. The molecule has 0 unspecified atom stereocenters. The molecule has 2 aromatic carbocycles. The van der Waals surface area contributed by atoms with Gasteiger partial charge in [-0.3, -0.25) is 9.59 Å². The summed E-state index contributed by atoms with van der Waals surface area (Å²) in [6.07, 6.45) is 1.93. The molecule has 0 aliphatic carbocycles. The van der Waals surface area contributed by atoms with Gasteiger partial charge in [0.25, 0.3) is 5.91 Å². The number of nitrogens with one attached hydrogen (secondary N) is 2. The number of benzene rings is 2. The Kier molecular flexibility index (Phi) is 5.33. The molecule has 0 spiro atoms. The Morgan fingerprint density at radius 3 is 2.45 bits per heavy atom. The Balaban J connectivity index is 1.55. The molecule has 2 aromatic heterocycles. The molecule has 0 saturated heterocycles.